The predicted molar refractivity (Wildman–Crippen MR) is 57.9 cm³/mol. The molecule has 2 heteroatoms. The van der Waals surface area contributed by atoms with E-state index in [0.717, 1.165) is 12.0 Å². The largest absolute Gasteiger partial charge is 0.347 e. The Bertz CT molecular complexity index is 307. The molecule has 0 radical (unpaired) electrons. The minimum atomic E-state index is -0.243. The second-order valence-corrected chi connectivity index (χ2v) is 3.73. The number of hydrogen-bond acceptors (Lipinski definition) is 1. The molecule has 1 atom stereocenters. The Labute approximate surface area is 85.3 Å². The fourth-order valence-electron chi connectivity index (χ4n) is 1.56. The van der Waals surface area contributed by atoms with Crippen molar-refractivity contribution in [3.05, 3.63) is 35.9 Å². The summed E-state index contributed by atoms with van der Waals surface area (Å²) in [5.74, 6) is 0.0122. The molecule has 0 spiro atoms. The summed E-state index contributed by atoms with van der Waals surface area (Å²) in [5.41, 5.74) is 0.908. The molecule has 1 amide bonds. The van der Waals surface area contributed by atoms with Crippen LogP contribution in [0.1, 0.15) is 32.8 Å². The van der Waals surface area contributed by atoms with Gasteiger partial charge in [0, 0.05) is 6.92 Å². The molecular weight excluding hydrogens is 174 g/mol. The summed E-state index contributed by atoms with van der Waals surface area (Å²) >= 11 is 0. The van der Waals surface area contributed by atoms with Gasteiger partial charge in [0.15, 0.2) is 0 Å². The Morgan fingerprint density at radius 3 is 2.36 bits per heavy atom. The molecule has 0 fully saturated rings. The van der Waals surface area contributed by atoms with Crippen LogP contribution in [0.5, 0.6) is 0 Å². The Kier molecular flexibility index (Phi) is 3.28. The molecule has 2 nitrogen and oxygen atoms in total. The molecule has 1 rings (SSSR count). The average molecular weight is 191 g/mol. The van der Waals surface area contributed by atoms with Gasteiger partial charge >= 0.3 is 0 Å². The number of nitrogens with one attached hydrogen (secondary N) is 1. The van der Waals surface area contributed by atoms with Gasteiger partial charge in [-0.05, 0) is 18.9 Å². The van der Waals surface area contributed by atoms with Crippen LogP contribution in [0.2, 0.25) is 0 Å². The highest BCUT2D eigenvalue weighted by Crippen LogP contribution is 2.23. The van der Waals surface area contributed by atoms with E-state index in [1.807, 2.05) is 37.3 Å². The molecule has 0 aromatic heterocycles. The van der Waals surface area contributed by atoms with Crippen molar-refractivity contribution in [2.45, 2.75) is 32.7 Å². The van der Waals surface area contributed by atoms with Crippen molar-refractivity contribution in [3.8, 4) is 0 Å². The monoisotopic (exact) mass is 191 g/mol. The lowest BCUT2D eigenvalue weighted by molar-refractivity contribution is -0.120. The van der Waals surface area contributed by atoms with E-state index >= 15 is 0 Å². The Morgan fingerprint density at radius 1 is 1.36 bits per heavy atom. The van der Waals surface area contributed by atoms with Gasteiger partial charge in [-0.25, -0.2) is 0 Å². The highest BCUT2D eigenvalue weighted by molar-refractivity contribution is 5.74. The van der Waals surface area contributed by atoms with Crippen LogP contribution in [0.25, 0.3) is 0 Å². The molecule has 1 N–H and O–H groups in total. The topological polar surface area (TPSA) is 29.1 Å². The van der Waals surface area contributed by atoms with Crippen LogP contribution in [0.3, 0.4) is 0 Å². The molecule has 0 aliphatic carbocycles. The number of carbonyl (C=O) groups excluding carboxylic acids is 1. The molecule has 0 aliphatic heterocycles. The van der Waals surface area contributed by atoms with Gasteiger partial charge in [0.2, 0.25) is 5.91 Å². The van der Waals surface area contributed by atoms with Crippen LogP contribution >= 0.6 is 0 Å². The maximum Gasteiger partial charge on any atom is 0.217 e. The summed E-state index contributed by atoms with van der Waals surface area (Å²) < 4.78 is 0. The van der Waals surface area contributed by atoms with E-state index in [2.05, 4.69) is 12.2 Å². The third-order valence-electron chi connectivity index (χ3n) is 2.57. The Morgan fingerprint density at radius 2 is 1.93 bits per heavy atom. The van der Waals surface area contributed by atoms with Gasteiger partial charge in [-0.2, -0.15) is 0 Å². The lowest BCUT2D eigenvalue weighted by Gasteiger charge is -2.29. The van der Waals surface area contributed by atoms with Gasteiger partial charge in [-0.15, -0.1) is 0 Å². The van der Waals surface area contributed by atoms with Crippen molar-refractivity contribution in [1.82, 2.24) is 5.32 Å². The maximum atomic E-state index is 11.1. The van der Waals surface area contributed by atoms with Crippen molar-refractivity contribution in [2.24, 2.45) is 0 Å². The minimum Gasteiger partial charge on any atom is -0.347 e. The standard InChI is InChI=1S/C12H17NO/c1-4-12(3,13-10(2)14)11-8-6-5-7-9-11/h5-9H,4H2,1-3H3,(H,13,14). The first-order chi connectivity index (χ1) is 6.58. The smallest absolute Gasteiger partial charge is 0.217 e. The molecule has 76 valence electrons. The SMILES string of the molecule is CCC(C)(NC(C)=O)c1ccccc1. The van der Waals surface area contributed by atoms with Gasteiger partial charge in [0.25, 0.3) is 0 Å². The molecule has 0 aliphatic rings. The van der Waals surface area contributed by atoms with Gasteiger partial charge in [0.1, 0.15) is 0 Å². The second-order valence-electron chi connectivity index (χ2n) is 3.73. The minimum absolute atomic E-state index is 0.0122. The van der Waals surface area contributed by atoms with Gasteiger partial charge in [-0.1, -0.05) is 37.3 Å². The number of benzene rings is 1. The Balaban J connectivity index is 2.95. The molecule has 0 saturated heterocycles. The Hall–Kier alpha value is -1.31. The highest BCUT2D eigenvalue weighted by Gasteiger charge is 2.24. The van der Waals surface area contributed by atoms with Gasteiger partial charge in [0.05, 0.1) is 5.54 Å². The van der Waals surface area contributed by atoms with E-state index in [4.69, 9.17) is 0 Å². The molecule has 14 heavy (non-hydrogen) atoms. The first-order valence-corrected chi connectivity index (χ1v) is 4.93. The highest BCUT2D eigenvalue weighted by atomic mass is 16.1. The average Bonchev–Trinajstić information content (AvgIpc) is 2.18. The number of amides is 1. The third kappa shape index (κ3) is 2.34. The molecular formula is C12H17NO. The molecule has 0 saturated carbocycles. The van der Waals surface area contributed by atoms with Crippen LogP contribution in [-0.4, -0.2) is 5.91 Å². The fraction of sp³-hybridized carbons (Fsp3) is 0.417. The number of hydrogen-bond donors (Lipinski definition) is 1. The van der Waals surface area contributed by atoms with E-state index in [9.17, 15) is 4.79 Å². The summed E-state index contributed by atoms with van der Waals surface area (Å²) in [6.45, 7) is 5.67. The summed E-state index contributed by atoms with van der Waals surface area (Å²) in [7, 11) is 0. The molecule has 1 unspecified atom stereocenters. The quantitative estimate of drug-likeness (QED) is 0.781. The second kappa shape index (κ2) is 4.27. The van der Waals surface area contributed by atoms with Crippen LogP contribution in [-0.2, 0) is 10.3 Å². The van der Waals surface area contributed by atoms with E-state index in [1.54, 1.807) is 6.92 Å². The van der Waals surface area contributed by atoms with E-state index in [0.29, 0.717) is 0 Å². The lowest BCUT2D eigenvalue weighted by atomic mass is 9.89. The lowest BCUT2D eigenvalue weighted by Crippen LogP contribution is -2.41. The van der Waals surface area contributed by atoms with Crippen LogP contribution in [0, 0.1) is 0 Å². The molecule has 0 heterocycles. The van der Waals surface area contributed by atoms with Crippen LogP contribution in [0.15, 0.2) is 30.3 Å². The zero-order chi connectivity index (χ0) is 10.6. The van der Waals surface area contributed by atoms with Crippen molar-refractivity contribution in [3.63, 3.8) is 0 Å². The summed E-state index contributed by atoms with van der Waals surface area (Å²) in [5, 5.41) is 2.98. The first kappa shape index (κ1) is 10.8. The maximum absolute atomic E-state index is 11.1. The van der Waals surface area contributed by atoms with Crippen LogP contribution < -0.4 is 5.32 Å². The number of carbonyl (C=O) groups is 1. The van der Waals surface area contributed by atoms with Crippen molar-refractivity contribution < 1.29 is 4.79 Å². The van der Waals surface area contributed by atoms with E-state index in [-0.39, 0.29) is 11.4 Å². The number of rotatable bonds is 3. The normalized spacial score (nSPS) is 14.5. The van der Waals surface area contributed by atoms with Gasteiger partial charge in [-0.3, -0.25) is 4.79 Å². The predicted octanol–water partition coefficient (Wildman–Crippen LogP) is 2.45. The molecule has 1 aromatic carbocycles. The van der Waals surface area contributed by atoms with E-state index in [1.165, 1.54) is 0 Å². The van der Waals surface area contributed by atoms with Crippen molar-refractivity contribution in [2.75, 3.05) is 0 Å². The van der Waals surface area contributed by atoms with E-state index < -0.39 is 0 Å². The summed E-state index contributed by atoms with van der Waals surface area (Å²) in [4.78, 5) is 11.1. The first-order valence-electron chi connectivity index (χ1n) is 4.93. The molecule has 0 bridgehead atoms. The summed E-state index contributed by atoms with van der Waals surface area (Å²) in [6, 6.07) is 10.0. The third-order valence-corrected chi connectivity index (χ3v) is 2.57. The zero-order valence-corrected chi connectivity index (χ0v) is 9.00. The summed E-state index contributed by atoms with van der Waals surface area (Å²) in [6.07, 6.45) is 0.886. The zero-order valence-electron chi connectivity index (χ0n) is 9.00. The molecule has 1 aromatic rings. The van der Waals surface area contributed by atoms with Crippen molar-refractivity contribution in [1.29, 1.82) is 0 Å². The van der Waals surface area contributed by atoms with Crippen LogP contribution in [0.4, 0.5) is 0 Å². The van der Waals surface area contributed by atoms with Gasteiger partial charge < -0.3 is 5.32 Å². The van der Waals surface area contributed by atoms with Crippen molar-refractivity contribution >= 4 is 5.91 Å². The fourth-order valence-corrected chi connectivity index (χ4v) is 1.56.